The van der Waals surface area contributed by atoms with Gasteiger partial charge in [-0.05, 0) is 80.0 Å². The lowest BCUT2D eigenvalue weighted by molar-refractivity contribution is 0.984. The van der Waals surface area contributed by atoms with Gasteiger partial charge in [0.25, 0.3) is 0 Å². The van der Waals surface area contributed by atoms with E-state index in [1.54, 1.807) is 21.5 Å². The van der Waals surface area contributed by atoms with Crippen LogP contribution in [0.4, 0.5) is 0 Å². The zero-order valence-corrected chi connectivity index (χ0v) is 23.0. The van der Waals surface area contributed by atoms with Crippen molar-refractivity contribution < 1.29 is 0 Å². The Morgan fingerprint density at radius 2 is 1.45 bits per heavy atom. The molecule has 8 rings (SSSR count). The average molecular weight is 502 g/mol. The van der Waals surface area contributed by atoms with Crippen LogP contribution in [0.1, 0.15) is 53.1 Å². The fourth-order valence-corrected chi connectivity index (χ4v) is 11.6. The first-order valence-electron chi connectivity index (χ1n) is 13.7. The largest absolute Gasteiger partial charge is 0.109 e. The highest BCUT2D eigenvalue weighted by molar-refractivity contribution is 6.93. The fourth-order valence-electron chi connectivity index (χ4n) is 7.51. The highest BCUT2D eigenvalue weighted by Crippen LogP contribution is 2.51. The molecule has 0 nitrogen and oxygen atoms in total. The molecule has 2 aliphatic carbocycles. The second-order valence-corrected chi connectivity index (χ2v) is 13.8. The van der Waals surface area contributed by atoms with Gasteiger partial charge in [-0.15, -0.1) is 0 Å². The molecule has 0 aromatic heterocycles. The summed E-state index contributed by atoms with van der Waals surface area (Å²) in [6.07, 6.45) is 4.94. The van der Waals surface area contributed by atoms with E-state index in [9.17, 15) is 0 Å². The maximum Gasteiger partial charge on any atom is 0.109 e. The first-order valence-corrected chi connectivity index (χ1v) is 15.7. The van der Waals surface area contributed by atoms with E-state index in [4.69, 9.17) is 0 Å². The molecule has 5 aromatic rings. The molecular weight excluding hydrogens is 472 g/mol. The quantitative estimate of drug-likeness (QED) is 0.218. The Bertz CT molecular complexity index is 1820. The number of hydrogen-bond acceptors (Lipinski definition) is 0. The van der Waals surface area contributed by atoms with Gasteiger partial charge in [0, 0.05) is 12.3 Å². The van der Waals surface area contributed by atoms with Crippen molar-refractivity contribution in [2.75, 3.05) is 0 Å². The predicted molar refractivity (Wildman–Crippen MR) is 164 cm³/mol. The number of hydrogen-bond donors (Lipinski definition) is 0. The topological polar surface area (TPSA) is 0 Å². The van der Waals surface area contributed by atoms with E-state index in [1.807, 2.05) is 0 Å². The molecule has 38 heavy (non-hydrogen) atoms. The molecule has 2 unspecified atom stereocenters. The molecule has 0 saturated heterocycles. The molecule has 1 heterocycles. The number of fused-ring (bicyclic) bond motifs is 4. The SMILES string of the molecule is CC1=Cc2c(ccc3ccccc23)C1c1cc2c3c(-c4ccccc4)c1[SiH](Cc1ccccc1)C3=C(C)[CH]2. The normalized spacial score (nSPS) is 18.8. The van der Waals surface area contributed by atoms with Crippen molar-refractivity contribution in [3.05, 3.63) is 154 Å². The van der Waals surface area contributed by atoms with Crippen molar-refractivity contribution in [1.82, 2.24) is 0 Å². The maximum atomic E-state index is 2.57. The van der Waals surface area contributed by atoms with E-state index in [0.717, 1.165) is 0 Å². The second-order valence-electron chi connectivity index (χ2n) is 11.2. The Morgan fingerprint density at radius 1 is 0.711 bits per heavy atom. The number of benzene rings is 5. The Morgan fingerprint density at radius 3 is 2.26 bits per heavy atom. The third-order valence-electron chi connectivity index (χ3n) is 8.99. The first-order chi connectivity index (χ1) is 18.7. The van der Waals surface area contributed by atoms with Crippen LogP contribution in [0, 0.1) is 6.42 Å². The van der Waals surface area contributed by atoms with Gasteiger partial charge < -0.3 is 0 Å². The van der Waals surface area contributed by atoms with Crippen molar-refractivity contribution in [3.8, 4) is 11.1 Å². The minimum atomic E-state index is -1.51. The van der Waals surface area contributed by atoms with Gasteiger partial charge in [0.1, 0.15) is 8.80 Å². The van der Waals surface area contributed by atoms with Gasteiger partial charge in [0.15, 0.2) is 0 Å². The monoisotopic (exact) mass is 501 g/mol. The summed E-state index contributed by atoms with van der Waals surface area (Å²) >= 11 is 0. The minimum Gasteiger partial charge on any atom is -0.0649 e. The Balaban J connectivity index is 1.40. The summed E-state index contributed by atoms with van der Waals surface area (Å²) in [5, 5.41) is 6.06. The van der Waals surface area contributed by atoms with Gasteiger partial charge >= 0.3 is 0 Å². The van der Waals surface area contributed by atoms with Crippen molar-refractivity contribution in [1.29, 1.82) is 0 Å². The summed E-state index contributed by atoms with van der Waals surface area (Å²) in [4.78, 5) is 0. The first kappa shape index (κ1) is 22.1. The third-order valence-corrected chi connectivity index (χ3v) is 12.6. The lowest BCUT2D eigenvalue weighted by Crippen LogP contribution is -2.35. The van der Waals surface area contributed by atoms with E-state index in [1.165, 1.54) is 61.3 Å². The molecule has 1 radical (unpaired) electrons. The third kappa shape index (κ3) is 3.09. The summed E-state index contributed by atoms with van der Waals surface area (Å²) in [6.45, 7) is 4.70. The molecular formula is C37H29Si. The molecule has 3 aliphatic rings. The summed E-state index contributed by atoms with van der Waals surface area (Å²) in [7, 11) is -1.51. The van der Waals surface area contributed by atoms with Gasteiger partial charge in [-0.1, -0.05) is 126 Å². The van der Waals surface area contributed by atoms with Gasteiger partial charge in [-0.2, -0.15) is 0 Å². The molecule has 2 bridgehead atoms. The van der Waals surface area contributed by atoms with E-state index in [2.05, 4.69) is 129 Å². The van der Waals surface area contributed by atoms with Crippen LogP contribution in [-0.2, 0) is 6.04 Å². The molecule has 5 aromatic carbocycles. The van der Waals surface area contributed by atoms with E-state index in [-0.39, 0.29) is 0 Å². The van der Waals surface area contributed by atoms with Crippen LogP contribution >= 0.6 is 0 Å². The standard InChI is InChI=1S/C37H29Si/c1-23-20-31-29-16-10-9-13-26(29)17-18-30(31)33(23)32-21-28-19-24(2)36-35(28)34(27-14-7-4-8-15-27)37(32)38(36)22-25-11-5-3-6-12-25/h3-21,33,38H,22H2,1-2H3. The highest BCUT2D eigenvalue weighted by atomic mass is 28.3. The number of allylic oxidation sites excluding steroid dienone is 2. The lowest BCUT2D eigenvalue weighted by Gasteiger charge is -2.25. The van der Waals surface area contributed by atoms with Crippen molar-refractivity contribution in [2.24, 2.45) is 0 Å². The summed E-state index contributed by atoms with van der Waals surface area (Å²) in [6, 6.07) is 39.7. The molecule has 1 heteroatoms. The molecule has 0 N–H and O–H groups in total. The molecule has 0 amide bonds. The van der Waals surface area contributed by atoms with Crippen LogP contribution in [0.5, 0.6) is 0 Å². The maximum absolute atomic E-state index is 2.57. The van der Waals surface area contributed by atoms with Gasteiger partial charge in [-0.25, -0.2) is 0 Å². The van der Waals surface area contributed by atoms with E-state index < -0.39 is 8.80 Å². The minimum absolute atomic E-state index is 0.316. The van der Waals surface area contributed by atoms with Crippen molar-refractivity contribution in [3.63, 3.8) is 0 Å². The smallest absolute Gasteiger partial charge is 0.0649 e. The van der Waals surface area contributed by atoms with Crippen LogP contribution in [0.15, 0.2) is 114 Å². The second kappa shape index (κ2) is 8.28. The van der Waals surface area contributed by atoms with E-state index >= 15 is 0 Å². The predicted octanol–water partition coefficient (Wildman–Crippen LogP) is 8.16. The van der Waals surface area contributed by atoms with Crippen molar-refractivity contribution >= 4 is 36.0 Å². The van der Waals surface area contributed by atoms with Gasteiger partial charge in [0.2, 0.25) is 0 Å². The fraction of sp³-hybridized carbons (Fsp3) is 0.108. The summed E-state index contributed by atoms with van der Waals surface area (Å²) in [5.41, 5.74) is 14.7. The molecule has 0 saturated carbocycles. The molecule has 1 aliphatic heterocycles. The molecule has 2 atom stereocenters. The highest BCUT2D eigenvalue weighted by Gasteiger charge is 2.43. The summed E-state index contributed by atoms with van der Waals surface area (Å²) < 4.78 is 0. The average Bonchev–Trinajstić information content (AvgIpc) is 3.55. The Hall–Kier alpha value is -3.94. The van der Waals surface area contributed by atoms with E-state index in [0.29, 0.717) is 5.92 Å². The molecule has 0 spiro atoms. The zero-order chi connectivity index (χ0) is 25.4. The van der Waals surface area contributed by atoms with Crippen LogP contribution in [0.3, 0.4) is 0 Å². The van der Waals surface area contributed by atoms with Crippen LogP contribution in [0.2, 0.25) is 0 Å². The van der Waals surface area contributed by atoms with Gasteiger partial charge in [-0.3, -0.25) is 0 Å². The van der Waals surface area contributed by atoms with Crippen LogP contribution < -0.4 is 5.19 Å². The molecule has 0 fully saturated rings. The number of rotatable bonds is 4. The van der Waals surface area contributed by atoms with Crippen LogP contribution in [0.25, 0.3) is 33.2 Å². The zero-order valence-electron chi connectivity index (χ0n) is 21.8. The Labute approximate surface area is 226 Å². The van der Waals surface area contributed by atoms with Crippen LogP contribution in [-0.4, -0.2) is 8.80 Å². The van der Waals surface area contributed by atoms with Crippen molar-refractivity contribution in [2.45, 2.75) is 25.8 Å². The lowest BCUT2D eigenvalue weighted by atomic mass is 9.84. The van der Waals surface area contributed by atoms with Gasteiger partial charge in [0.05, 0.1) is 0 Å². The molecule has 181 valence electrons. The summed E-state index contributed by atoms with van der Waals surface area (Å²) in [5.74, 6) is 0.316. The Kier molecular flexibility index (Phi) is 4.81.